The first kappa shape index (κ1) is 32.7. The van der Waals surface area contributed by atoms with Crippen LogP contribution in [0.25, 0.3) is 0 Å². The highest BCUT2D eigenvalue weighted by molar-refractivity contribution is 5.83. The molecule has 4 aliphatic rings. The van der Waals surface area contributed by atoms with Crippen LogP contribution in [0.3, 0.4) is 0 Å². The van der Waals surface area contributed by atoms with E-state index in [9.17, 15) is 9.59 Å². The molecular formula is C36H60O5. The molecular weight excluding hydrogens is 512 g/mol. The molecule has 3 fully saturated rings. The molecule has 0 aromatic rings. The number of Topliss-reactive ketones (excluding diaryl/α,β-unsaturated/α-hetero) is 1. The molecule has 0 aromatic carbocycles. The summed E-state index contributed by atoms with van der Waals surface area (Å²) in [4.78, 5) is 24.7. The maximum Gasteiger partial charge on any atom is 0.306 e. The monoisotopic (exact) mass is 572 g/mol. The van der Waals surface area contributed by atoms with Crippen LogP contribution >= 0.6 is 0 Å². The molecule has 8 unspecified atom stereocenters. The second-order valence-corrected chi connectivity index (χ2v) is 14.9. The van der Waals surface area contributed by atoms with Gasteiger partial charge in [0.15, 0.2) is 5.78 Å². The average molecular weight is 573 g/mol. The molecule has 5 heteroatoms. The largest absolute Gasteiger partial charge is 0.462 e. The Morgan fingerprint density at radius 3 is 2.49 bits per heavy atom. The van der Waals surface area contributed by atoms with Gasteiger partial charge in [-0.2, -0.15) is 0 Å². The number of fused-ring (bicyclic) bond motifs is 5. The number of allylic oxidation sites excluding steroid dienone is 1. The number of esters is 1. The van der Waals surface area contributed by atoms with Crippen molar-refractivity contribution in [3.8, 4) is 0 Å². The first-order valence-corrected chi connectivity index (χ1v) is 17.1. The molecule has 0 aromatic heterocycles. The van der Waals surface area contributed by atoms with E-state index in [0.29, 0.717) is 25.2 Å². The van der Waals surface area contributed by atoms with Crippen molar-refractivity contribution in [1.82, 2.24) is 0 Å². The third kappa shape index (κ3) is 7.66. The SMILES string of the molecule is CCOCCOCC(=O)CCC(=O)OC1CCC2(C)C(=CCC3C2CCC2(C)C(C(C)CCCC(C)C)CCC32)C1. The molecule has 0 amide bonds. The highest BCUT2D eigenvalue weighted by Crippen LogP contribution is 2.67. The van der Waals surface area contributed by atoms with Crippen LogP contribution in [0.4, 0.5) is 0 Å². The molecule has 4 aliphatic carbocycles. The van der Waals surface area contributed by atoms with Gasteiger partial charge < -0.3 is 14.2 Å². The van der Waals surface area contributed by atoms with Crippen LogP contribution in [0.15, 0.2) is 11.6 Å². The van der Waals surface area contributed by atoms with Crippen LogP contribution in [0.5, 0.6) is 0 Å². The number of carbonyl (C=O) groups is 2. The molecule has 0 heterocycles. The summed E-state index contributed by atoms with van der Waals surface area (Å²) in [6.45, 7) is 16.0. The van der Waals surface area contributed by atoms with Gasteiger partial charge in [-0.1, -0.05) is 65.5 Å². The second-order valence-electron chi connectivity index (χ2n) is 14.9. The predicted molar refractivity (Wildman–Crippen MR) is 164 cm³/mol. The van der Waals surface area contributed by atoms with Gasteiger partial charge in [-0.25, -0.2) is 0 Å². The molecule has 41 heavy (non-hydrogen) atoms. The lowest BCUT2D eigenvalue weighted by molar-refractivity contribution is -0.152. The van der Waals surface area contributed by atoms with Crippen LogP contribution < -0.4 is 0 Å². The molecule has 234 valence electrons. The molecule has 3 saturated carbocycles. The van der Waals surface area contributed by atoms with Gasteiger partial charge in [0.2, 0.25) is 0 Å². The van der Waals surface area contributed by atoms with E-state index in [0.717, 1.165) is 54.8 Å². The highest BCUT2D eigenvalue weighted by Gasteiger charge is 2.59. The fraction of sp³-hybridized carbons (Fsp3) is 0.889. The Labute approximate surface area is 250 Å². The van der Waals surface area contributed by atoms with Crippen molar-refractivity contribution in [3.63, 3.8) is 0 Å². The zero-order valence-electron chi connectivity index (χ0n) is 27.2. The molecule has 8 atom stereocenters. The Morgan fingerprint density at radius 1 is 0.951 bits per heavy atom. The van der Waals surface area contributed by atoms with Crippen LogP contribution in [-0.4, -0.2) is 44.3 Å². The first-order valence-electron chi connectivity index (χ1n) is 17.1. The van der Waals surface area contributed by atoms with Gasteiger partial charge >= 0.3 is 5.97 Å². The van der Waals surface area contributed by atoms with E-state index >= 15 is 0 Å². The topological polar surface area (TPSA) is 61.8 Å². The quantitative estimate of drug-likeness (QED) is 0.112. The lowest BCUT2D eigenvalue weighted by Crippen LogP contribution is -2.51. The number of ketones is 1. The molecule has 4 rings (SSSR count). The smallest absolute Gasteiger partial charge is 0.306 e. The van der Waals surface area contributed by atoms with E-state index in [-0.39, 0.29) is 42.7 Å². The first-order chi connectivity index (χ1) is 19.6. The van der Waals surface area contributed by atoms with E-state index in [1.54, 1.807) is 5.57 Å². The Balaban J connectivity index is 1.28. The summed E-state index contributed by atoms with van der Waals surface area (Å²) in [5.74, 6) is 4.70. The number of hydrogen-bond donors (Lipinski definition) is 0. The summed E-state index contributed by atoms with van der Waals surface area (Å²) < 4.78 is 16.5. The van der Waals surface area contributed by atoms with Crippen LogP contribution in [0, 0.1) is 46.3 Å². The normalized spacial score (nSPS) is 35.3. The van der Waals surface area contributed by atoms with Crippen molar-refractivity contribution in [2.75, 3.05) is 26.4 Å². The van der Waals surface area contributed by atoms with E-state index in [2.05, 4.69) is 40.7 Å². The highest BCUT2D eigenvalue weighted by atomic mass is 16.5. The maximum absolute atomic E-state index is 12.6. The summed E-state index contributed by atoms with van der Waals surface area (Å²) in [5, 5.41) is 0. The number of ether oxygens (including phenoxy) is 3. The van der Waals surface area contributed by atoms with Gasteiger partial charge in [-0.05, 0) is 98.2 Å². The summed E-state index contributed by atoms with van der Waals surface area (Å²) in [6.07, 6.45) is 16.7. The molecule has 0 spiro atoms. The van der Waals surface area contributed by atoms with Gasteiger partial charge in [-0.15, -0.1) is 0 Å². The third-order valence-corrected chi connectivity index (χ3v) is 12.0. The van der Waals surface area contributed by atoms with Gasteiger partial charge in [-0.3, -0.25) is 9.59 Å². The summed E-state index contributed by atoms with van der Waals surface area (Å²) >= 11 is 0. The predicted octanol–water partition coefficient (Wildman–Crippen LogP) is 8.34. The third-order valence-electron chi connectivity index (χ3n) is 12.0. The fourth-order valence-corrected chi connectivity index (χ4v) is 9.76. The van der Waals surface area contributed by atoms with Crippen molar-refractivity contribution in [2.24, 2.45) is 46.3 Å². The molecule has 0 saturated heterocycles. The standard InChI is InChI=1S/C36H60O5/c1-7-39-21-22-40-24-28(37)12-16-34(38)41-29-17-19-35(5)27(23-29)11-13-30-32-15-14-31(26(4)10-8-9-25(2)3)36(32,6)20-18-33(30)35/h11,25-26,29-33H,7-10,12-24H2,1-6H3. The zero-order valence-corrected chi connectivity index (χ0v) is 27.2. The Bertz CT molecular complexity index is 910. The van der Waals surface area contributed by atoms with Crippen molar-refractivity contribution in [1.29, 1.82) is 0 Å². The van der Waals surface area contributed by atoms with Gasteiger partial charge in [0, 0.05) is 19.4 Å². The van der Waals surface area contributed by atoms with E-state index in [1.807, 2.05) is 6.92 Å². The number of hydrogen-bond acceptors (Lipinski definition) is 5. The van der Waals surface area contributed by atoms with Crippen molar-refractivity contribution < 1.29 is 23.8 Å². The Kier molecular flexibility index (Phi) is 11.6. The minimum atomic E-state index is -0.247. The maximum atomic E-state index is 12.6. The van der Waals surface area contributed by atoms with Gasteiger partial charge in [0.25, 0.3) is 0 Å². The van der Waals surface area contributed by atoms with Crippen LogP contribution in [-0.2, 0) is 23.8 Å². The zero-order chi connectivity index (χ0) is 29.6. The second kappa shape index (κ2) is 14.5. The van der Waals surface area contributed by atoms with Gasteiger partial charge in [0.1, 0.15) is 12.7 Å². The van der Waals surface area contributed by atoms with E-state index in [1.165, 1.54) is 51.4 Å². The summed E-state index contributed by atoms with van der Waals surface area (Å²) in [5.41, 5.74) is 2.31. The van der Waals surface area contributed by atoms with Crippen molar-refractivity contribution >= 4 is 11.8 Å². The lowest BCUT2D eigenvalue weighted by Gasteiger charge is -2.58. The van der Waals surface area contributed by atoms with Crippen molar-refractivity contribution in [3.05, 3.63) is 11.6 Å². The Hall–Kier alpha value is -1.20. The minimum Gasteiger partial charge on any atom is -0.462 e. The molecule has 0 bridgehead atoms. The van der Waals surface area contributed by atoms with Gasteiger partial charge in [0.05, 0.1) is 19.6 Å². The average Bonchev–Trinajstić information content (AvgIpc) is 3.29. The summed E-state index contributed by atoms with van der Waals surface area (Å²) in [7, 11) is 0. The Morgan fingerprint density at radius 2 is 1.73 bits per heavy atom. The molecule has 0 N–H and O–H groups in total. The fourth-order valence-electron chi connectivity index (χ4n) is 9.76. The van der Waals surface area contributed by atoms with Crippen LogP contribution in [0.2, 0.25) is 0 Å². The van der Waals surface area contributed by atoms with E-state index < -0.39 is 0 Å². The van der Waals surface area contributed by atoms with Crippen LogP contribution in [0.1, 0.15) is 125 Å². The number of rotatable bonds is 15. The molecule has 5 nitrogen and oxygen atoms in total. The van der Waals surface area contributed by atoms with Crippen molar-refractivity contribution in [2.45, 2.75) is 131 Å². The lowest BCUT2D eigenvalue weighted by atomic mass is 9.47. The number of carbonyl (C=O) groups excluding carboxylic acids is 2. The summed E-state index contributed by atoms with van der Waals surface area (Å²) in [6, 6.07) is 0. The minimum absolute atomic E-state index is 0.0371. The molecule has 0 radical (unpaired) electrons. The van der Waals surface area contributed by atoms with E-state index in [4.69, 9.17) is 14.2 Å². The molecule has 0 aliphatic heterocycles.